The number of hydrogen-bond acceptors (Lipinski definition) is 3. The third kappa shape index (κ3) is 4.61. The van der Waals surface area contributed by atoms with Crippen LogP contribution in [0, 0.1) is 6.92 Å². The van der Waals surface area contributed by atoms with Crippen LogP contribution < -0.4 is 10.6 Å². The zero-order chi connectivity index (χ0) is 14.4. The lowest BCUT2D eigenvalue weighted by Crippen LogP contribution is -2.34. The van der Waals surface area contributed by atoms with Crippen molar-refractivity contribution < 1.29 is 14.3 Å². The van der Waals surface area contributed by atoms with Gasteiger partial charge in [0.25, 0.3) is 0 Å². The summed E-state index contributed by atoms with van der Waals surface area (Å²) < 4.78 is 4.68. The van der Waals surface area contributed by atoms with Gasteiger partial charge in [-0.05, 0) is 25.5 Å². The van der Waals surface area contributed by atoms with Crippen LogP contribution in [-0.2, 0) is 9.53 Å². The molecule has 5 nitrogen and oxygen atoms in total. The molecule has 0 bridgehead atoms. The van der Waals surface area contributed by atoms with Gasteiger partial charge < -0.3 is 15.4 Å². The van der Waals surface area contributed by atoms with E-state index < -0.39 is 12.0 Å². The summed E-state index contributed by atoms with van der Waals surface area (Å²) in [6.07, 6.45) is 0. The predicted octanol–water partition coefficient (Wildman–Crippen LogP) is 2.99. The molecule has 19 heavy (non-hydrogen) atoms. The molecule has 2 N–H and O–H groups in total. The van der Waals surface area contributed by atoms with Crippen LogP contribution in [0.5, 0.6) is 0 Å². The molecule has 0 aliphatic carbocycles. The lowest BCUT2D eigenvalue weighted by Gasteiger charge is -2.11. The fourth-order valence-corrected chi connectivity index (χ4v) is 1.76. The van der Waals surface area contributed by atoms with Crippen LogP contribution in [0.1, 0.15) is 12.5 Å². The van der Waals surface area contributed by atoms with Crippen molar-refractivity contribution in [3.63, 3.8) is 0 Å². The maximum atomic E-state index is 11.6. The molecule has 2 amide bonds. The van der Waals surface area contributed by atoms with Crippen molar-refractivity contribution in [2.45, 2.75) is 13.8 Å². The van der Waals surface area contributed by atoms with Crippen LogP contribution in [0.3, 0.4) is 0 Å². The number of urea groups is 1. The van der Waals surface area contributed by atoms with Crippen molar-refractivity contribution in [1.82, 2.24) is 5.32 Å². The molecular formula is C12H14Cl2N2O3. The Morgan fingerprint density at radius 3 is 2.63 bits per heavy atom. The van der Waals surface area contributed by atoms with Crippen LogP contribution in [-0.4, -0.2) is 25.2 Å². The summed E-state index contributed by atoms with van der Waals surface area (Å²) in [6, 6.07) is 2.79. The molecule has 0 atom stereocenters. The van der Waals surface area contributed by atoms with Crippen molar-refractivity contribution >= 4 is 40.9 Å². The maximum absolute atomic E-state index is 11.6. The van der Waals surface area contributed by atoms with Crippen molar-refractivity contribution in [3.05, 3.63) is 27.7 Å². The van der Waals surface area contributed by atoms with E-state index in [1.807, 2.05) is 0 Å². The smallest absolute Gasteiger partial charge is 0.325 e. The average Bonchev–Trinajstić information content (AvgIpc) is 2.37. The summed E-state index contributed by atoms with van der Waals surface area (Å²) in [5.74, 6) is -0.515. The van der Waals surface area contributed by atoms with Gasteiger partial charge in [-0.15, -0.1) is 0 Å². The lowest BCUT2D eigenvalue weighted by molar-refractivity contribution is -0.141. The van der Waals surface area contributed by atoms with Gasteiger partial charge in [-0.25, -0.2) is 4.79 Å². The molecule has 0 heterocycles. The van der Waals surface area contributed by atoms with Crippen molar-refractivity contribution in [2.24, 2.45) is 0 Å². The van der Waals surface area contributed by atoms with Crippen molar-refractivity contribution in [2.75, 3.05) is 18.5 Å². The molecule has 1 aromatic rings. The molecule has 0 saturated carbocycles. The fourth-order valence-electron chi connectivity index (χ4n) is 1.29. The van der Waals surface area contributed by atoms with E-state index in [4.69, 9.17) is 23.2 Å². The zero-order valence-corrected chi connectivity index (χ0v) is 12.1. The Labute approximate surface area is 121 Å². The SMILES string of the molecule is CCOC(=O)CNC(=O)Nc1c(Cl)ccc(C)c1Cl. The highest BCUT2D eigenvalue weighted by atomic mass is 35.5. The summed E-state index contributed by atoms with van der Waals surface area (Å²) >= 11 is 12.0. The van der Waals surface area contributed by atoms with E-state index in [0.717, 1.165) is 5.56 Å². The van der Waals surface area contributed by atoms with Gasteiger partial charge in [0.15, 0.2) is 0 Å². The number of carbonyl (C=O) groups is 2. The maximum Gasteiger partial charge on any atom is 0.325 e. The molecule has 0 unspecified atom stereocenters. The Balaban J connectivity index is 2.63. The number of rotatable bonds is 4. The molecule has 0 aromatic heterocycles. The van der Waals surface area contributed by atoms with Crippen LogP contribution >= 0.6 is 23.2 Å². The minimum Gasteiger partial charge on any atom is -0.465 e. The average molecular weight is 305 g/mol. The summed E-state index contributed by atoms with van der Waals surface area (Å²) in [6.45, 7) is 3.52. The number of esters is 1. The van der Waals surface area contributed by atoms with Gasteiger partial charge in [-0.1, -0.05) is 29.3 Å². The summed E-state index contributed by atoms with van der Waals surface area (Å²) in [5.41, 5.74) is 1.09. The van der Waals surface area contributed by atoms with E-state index in [-0.39, 0.29) is 13.2 Å². The van der Waals surface area contributed by atoms with E-state index in [0.29, 0.717) is 15.7 Å². The molecule has 0 saturated heterocycles. The molecular weight excluding hydrogens is 291 g/mol. The topological polar surface area (TPSA) is 67.4 Å². The van der Waals surface area contributed by atoms with Gasteiger partial charge in [0.05, 0.1) is 22.3 Å². The van der Waals surface area contributed by atoms with Gasteiger partial charge in [0.2, 0.25) is 0 Å². The molecule has 0 fully saturated rings. The van der Waals surface area contributed by atoms with Crippen LogP contribution in [0.2, 0.25) is 10.0 Å². The minimum absolute atomic E-state index is 0.222. The highest BCUT2D eigenvalue weighted by molar-refractivity contribution is 6.40. The van der Waals surface area contributed by atoms with Gasteiger partial charge in [-0.3, -0.25) is 4.79 Å². The standard InChI is InChI=1S/C12H14Cl2N2O3/c1-3-19-9(17)6-15-12(18)16-11-8(13)5-4-7(2)10(11)14/h4-5H,3,6H2,1-2H3,(H2,15,16,18). The second-order valence-corrected chi connectivity index (χ2v) is 4.45. The minimum atomic E-state index is -0.581. The number of benzene rings is 1. The number of aryl methyl sites for hydroxylation is 1. The third-order valence-corrected chi connectivity index (χ3v) is 3.02. The Hall–Kier alpha value is -1.46. The van der Waals surface area contributed by atoms with Crippen molar-refractivity contribution in [1.29, 1.82) is 0 Å². The number of nitrogens with one attached hydrogen (secondary N) is 2. The number of anilines is 1. The Morgan fingerprint density at radius 2 is 2.00 bits per heavy atom. The van der Waals surface area contributed by atoms with E-state index in [1.54, 1.807) is 26.0 Å². The monoisotopic (exact) mass is 304 g/mol. The summed E-state index contributed by atoms with van der Waals surface area (Å²) in [7, 11) is 0. The number of ether oxygens (including phenoxy) is 1. The number of carbonyl (C=O) groups excluding carboxylic acids is 2. The Morgan fingerprint density at radius 1 is 1.32 bits per heavy atom. The van der Waals surface area contributed by atoms with Gasteiger partial charge in [0, 0.05) is 0 Å². The molecule has 104 valence electrons. The Kier molecular flexibility index (Phi) is 5.92. The zero-order valence-electron chi connectivity index (χ0n) is 10.5. The van der Waals surface area contributed by atoms with Crippen LogP contribution in [0.4, 0.5) is 10.5 Å². The molecule has 0 aliphatic rings. The first-order chi connectivity index (χ1) is 8.95. The van der Waals surface area contributed by atoms with E-state index in [2.05, 4.69) is 15.4 Å². The largest absolute Gasteiger partial charge is 0.465 e. The second kappa shape index (κ2) is 7.21. The van der Waals surface area contributed by atoms with E-state index in [1.165, 1.54) is 0 Å². The molecule has 7 heteroatoms. The van der Waals surface area contributed by atoms with Crippen LogP contribution in [0.15, 0.2) is 12.1 Å². The van der Waals surface area contributed by atoms with Gasteiger partial charge >= 0.3 is 12.0 Å². The Bertz CT molecular complexity index is 492. The molecule has 1 rings (SSSR count). The first-order valence-electron chi connectivity index (χ1n) is 5.60. The highest BCUT2D eigenvalue weighted by Crippen LogP contribution is 2.32. The normalized spacial score (nSPS) is 9.89. The van der Waals surface area contributed by atoms with E-state index >= 15 is 0 Å². The van der Waals surface area contributed by atoms with E-state index in [9.17, 15) is 9.59 Å². The molecule has 0 aliphatic heterocycles. The first kappa shape index (κ1) is 15.6. The number of amides is 2. The quantitative estimate of drug-likeness (QED) is 0.840. The molecule has 0 radical (unpaired) electrons. The van der Waals surface area contributed by atoms with Gasteiger partial charge in [0.1, 0.15) is 6.54 Å². The molecule has 0 spiro atoms. The summed E-state index contributed by atoms with van der Waals surface area (Å²) in [5, 5.41) is 5.52. The van der Waals surface area contributed by atoms with Gasteiger partial charge in [-0.2, -0.15) is 0 Å². The molecule has 1 aromatic carbocycles. The summed E-state index contributed by atoms with van der Waals surface area (Å²) in [4.78, 5) is 22.7. The number of hydrogen-bond donors (Lipinski definition) is 2. The lowest BCUT2D eigenvalue weighted by atomic mass is 10.2. The number of halogens is 2. The second-order valence-electron chi connectivity index (χ2n) is 3.67. The highest BCUT2D eigenvalue weighted by Gasteiger charge is 2.12. The predicted molar refractivity (Wildman–Crippen MR) is 74.9 cm³/mol. The van der Waals surface area contributed by atoms with Crippen LogP contribution in [0.25, 0.3) is 0 Å². The first-order valence-corrected chi connectivity index (χ1v) is 6.36. The van der Waals surface area contributed by atoms with Crippen molar-refractivity contribution in [3.8, 4) is 0 Å². The fraction of sp³-hybridized carbons (Fsp3) is 0.333. The third-order valence-electron chi connectivity index (χ3n) is 2.22.